The summed E-state index contributed by atoms with van der Waals surface area (Å²) >= 11 is 0. The molecule has 1 atom stereocenters. The van der Waals surface area contributed by atoms with Gasteiger partial charge >= 0.3 is 0 Å². The van der Waals surface area contributed by atoms with Crippen molar-refractivity contribution in [1.82, 2.24) is 10.2 Å². The van der Waals surface area contributed by atoms with E-state index in [-0.39, 0.29) is 18.1 Å². The van der Waals surface area contributed by atoms with Crippen molar-refractivity contribution in [3.63, 3.8) is 0 Å². The van der Waals surface area contributed by atoms with Gasteiger partial charge in [-0.2, -0.15) is 0 Å². The first kappa shape index (κ1) is 29.9. The largest absolute Gasteiger partial charge is 0.497 e. The summed E-state index contributed by atoms with van der Waals surface area (Å²) in [6.45, 7) is 3.80. The quantitative estimate of drug-likeness (QED) is 0.290. The predicted molar refractivity (Wildman–Crippen MR) is 166 cm³/mol. The Morgan fingerprint density at radius 2 is 1.69 bits per heavy atom. The zero-order chi connectivity index (χ0) is 29.3. The summed E-state index contributed by atoms with van der Waals surface area (Å²) in [5, 5.41) is 3.28. The number of hydrogen-bond acceptors (Lipinski definition) is 6. The van der Waals surface area contributed by atoms with E-state index in [2.05, 4.69) is 34.5 Å². The first-order valence-electron chi connectivity index (χ1n) is 15.2. The Balaban J connectivity index is 1.13. The van der Waals surface area contributed by atoms with Crippen molar-refractivity contribution in [3.8, 4) is 28.4 Å². The summed E-state index contributed by atoms with van der Waals surface area (Å²) in [5.41, 5.74) is 3.80. The molecule has 3 aromatic rings. The Hall–Kier alpha value is -3.55. The van der Waals surface area contributed by atoms with Gasteiger partial charge in [0.1, 0.15) is 23.4 Å². The molecule has 5 rings (SSSR count). The minimum Gasteiger partial charge on any atom is -0.497 e. The first-order valence-corrected chi connectivity index (χ1v) is 15.2. The van der Waals surface area contributed by atoms with Gasteiger partial charge in [-0.05, 0) is 105 Å². The average Bonchev–Trinajstić information content (AvgIpc) is 3.04. The molecule has 1 unspecified atom stereocenters. The van der Waals surface area contributed by atoms with Crippen molar-refractivity contribution in [1.29, 1.82) is 0 Å². The van der Waals surface area contributed by atoms with Crippen LogP contribution < -0.4 is 19.5 Å². The van der Waals surface area contributed by atoms with Gasteiger partial charge in [0.25, 0.3) is 5.91 Å². The van der Waals surface area contributed by atoms with Crippen LogP contribution in [0.2, 0.25) is 0 Å². The van der Waals surface area contributed by atoms with E-state index in [4.69, 9.17) is 18.9 Å². The number of benzene rings is 3. The number of amides is 1. The molecule has 0 aromatic heterocycles. The van der Waals surface area contributed by atoms with Crippen molar-refractivity contribution in [2.75, 3.05) is 47.6 Å². The van der Waals surface area contributed by atoms with Crippen molar-refractivity contribution in [2.45, 2.75) is 56.6 Å². The molecule has 1 N–H and O–H groups in total. The van der Waals surface area contributed by atoms with Gasteiger partial charge < -0.3 is 24.3 Å². The maximum atomic E-state index is 13.2. The van der Waals surface area contributed by atoms with Crippen LogP contribution in [0.25, 0.3) is 11.1 Å². The van der Waals surface area contributed by atoms with E-state index in [0.717, 1.165) is 93.1 Å². The molecule has 3 aromatic carbocycles. The number of nitrogens with one attached hydrogen (secondary N) is 1. The molecule has 0 radical (unpaired) electrons. The van der Waals surface area contributed by atoms with E-state index in [9.17, 15) is 4.79 Å². The third-order valence-corrected chi connectivity index (χ3v) is 8.63. The molecule has 1 aliphatic heterocycles. The van der Waals surface area contributed by atoms with Crippen molar-refractivity contribution < 1.29 is 23.7 Å². The summed E-state index contributed by atoms with van der Waals surface area (Å²) in [4.78, 5) is 15.7. The third-order valence-electron chi connectivity index (χ3n) is 8.63. The van der Waals surface area contributed by atoms with E-state index in [1.807, 2.05) is 42.5 Å². The van der Waals surface area contributed by atoms with Gasteiger partial charge in [0.2, 0.25) is 0 Å². The number of carbonyl (C=O) groups is 1. The van der Waals surface area contributed by atoms with E-state index >= 15 is 0 Å². The molecule has 1 heterocycles. The number of piperidine rings is 1. The molecule has 224 valence electrons. The maximum Gasteiger partial charge on any atom is 0.251 e. The second-order valence-corrected chi connectivity index (χ2v) is 11.4. The average molecular weight is 573 g/mol. The molecule has 7 nitrogen and oxygen atoms in total. The van der Waals surface area contributed by atoms with Gasteiger partial charge in [-0.3, -0.25) is 9.69 Å². The van der Waals surface area contributed by atoms with Crippen LogP contribution in [0, 0.1) is 0 Å². The van der Waals surface area contributed by atoms with Crippen LogP contribution in [-0.2, 0) is 4.74 Å². The van der Waals surface area contributed by atoms with Crippen molar-refractivity contribution in [3.05, 3.63) is 77.9 Å². The summed E-state index contributed by atoms with van der Waals surface area (Å²) in [7, 11) is 5.05. The molecule has 1 saturated heterocycles. The second kappa shape index (κ2) is 14.6. The number of ether oxygens (including phenoxy) is 4. The number of methoxy groups -OCH3 is 3. The molecule has 0 spiro atoms. The molecule has 1 saturated carbocycles. The highest BCUT2D eigenvalue weighted by Gasteiger charge is 2.25. The maximum absolute atomic E-state index is 13.2. The zero-order valence-corrected chi connectivity index (χ0v) is 25.1. The topological polar surface area (TPSA) is 69.3 Å². The van der Waals surface area contributed by atoms with Crippen LogP contribution in [0.4, 0.5) is 0 Å². The minimum atomic E-state index is -0.0461. The van der Waals surface area contributed by atoms with Crippen LogP contribution in [-0.4, -0.2) is 70.5 Å². The SMILES string of the molecule is COCCN1CCCC(Oc2ccc(C3CCC(NC(=O)c4ccc(OC)c(-c5cccc(OC)c5)c4)CC3)cc2)C1. The lowest BCUT2D eigenvalue weighted by molar-refractivity contribution is 0.0682. The lowest BCUT2D eigenvalue weighted by Crippen LogP contribution is -2.42. The normalized spacial score (nSPS) is 21.0. The molecular weight excluding hydrogens is 528 g/mol. The van der Waals surface area contributed by atoms with Gasteiger partial charge in [0, 0.05) is 37.4 Å². The van der Waals surface area contributed by atoms with Gasteiger partial charge in [0.05, 0.1) is 20.8 Å². The Morgan fingerprint density at radius 1 is 0.881 bits per heavy atom. The molecule has 7 heteroatoms. The van der Waals surface area contributed by atoms with Crippen LogP contribution in [0.1, 0.15) is 60.4 Å². The lowest BCUT2D eigenvalue weighted by Gasteiger charge is -2.33. The van der Waals surface area contributed by atoms with E-state index in [1.165, 1.54) is 5.56 Å². The fourth-order valence-corrected chi connectivity index (χ4v) is 6.25. The van der Waals surface area contributed by atoms with Crippen LogP contribution in [0.5, 0.6) is 17.2 Å². The molecule has 2 fully saturated rings. The highest BCUT2D eigenvalue weighted by atomic mass is 16.5. The Bertz CT molecular complexity index is 1300. The second-order valence-electron chi connectivity index (χ2n) is 11.4. The molecule has 42 heavy (non-hydrogen) atoms. The molecule has 1 amide bonds. The standard InChI is InChI=1S/C35H44N2O5/c1-39-21-20-37-19-5-8-32(24-37)42-30-16-11-26(12-17-30)25-9-14-29(15-10-25)36-35(38)28-13-18-34(41-3)33(23-28)27-6-4-7-31(22-27)40-2/h4,6-7,11-13,16-18,22-23,25,29,32H,5,8-10,14-15,19-21,24H2,1-3H3,(H,36,38). The summed E-state index contributed by atoms with van der Waals surface area (Å²) < 4.78 is 22.5. The summed E-state index contributed by atoms with van der Waals surface area (Å²) in [6.07, 6.45) is 6.53. The molecule has 2 aliphatic rings. The monoisotopic (exact) mass is 572 g/mol. The Morgan fingerprint density at radius 3 is 2.43 bits per heavy atom. The predicted octanol–water partition coefficient (Wildman–Crippen LogP) is 6.32. The van der Waals surface area contributed by atoms with Gasteiger partial charge in [-0.15, -0.1) is 0 Å². The number of hydrogen-bond donors (Lipinski definition) is 1. The number of likely N-dealkylation sites (tertiary alicyclic amines) is 1. The van der Waals surface area contributed by atoms with E-state index < -0.39 is 0 Å². The van der Waals surface area contributed by atoms with E-state index in [0.29, 0.717) is 11.5 Å². The highest BCUT2D eigenvalue weighted by molar-refractivity contribution is 5.96. The smallest absolute Gasteiger partial charge is 0.251 e. The van der Waals surface area contributed by atoms with E-state index in [1.54, 1.807) is 21.3 Å². The van der Waals surface area contributed by atoms with Crippen molar-refractivity contribution in [2.24, 2.45) is 0 Å². The molecular formula is C35H44N2O5. The minimum absolute atomic E-state index is 0.0461. The zero-order valence-electron chi connectivity index (χ0n) is 25.1. The highest BCUT2D eigenvalue weighted by Crippen LogP contribution is 2.35. The number of carbonyl (C=O) groups excluding carboxylic acids is 1. The number of nitrogens with zero attached hydrogens (tertiary/aromatic N) is 1. The van der Waals surface area contributed by atoms with Crippen LogP contribution in [0.3, 0.4) is 0 Å². The van der Waals surface area contributed by atoms with Crippen LogP contribution >= 0.6 is 0 Å². The first-order chi connectivity index (χ1) is 20.6. The van der Waals surface area contributed by atoms with Crippen LogP contribution in [0.15, 0.2) is 66.7 Å². The summed E-state index contributed by atoms with van der Waals surface area (Å²) in [6, 6.07) is 22.3. The Kier molecular flexibility index (Phi) is 10.4. The summed E-state index contributed by atoms with van der Waals surface area (Å²) in [5.74, 6) is 2.89. The molecule has 0 bridgehead atoms. The fraction of sp³-hybridized carbons (Fsp3) is 0.457. The van der Waals surface area contributed by atoms with Gasteiger partial charge in [-0.1, -0.05) is 24.3 Å². The fourth-order valence-electron chi connectivity index (χ4n) is 6.25. The van der Waals surface area contributed by atoms with Gasteiger partial charge in [0.15, 0.2) is 0 Å². The molecule has 1 aliphatic carbocycles. The Labute approximate surface area is 250 Å². The lowest BCUT2D eigenvalue weighted by atomic mass is 9.81. The van der Waals surface area contributed by atoms with Crippen molar-refractivity contribution >= 4 is 5.91 Å². The van der Waals surface area contributed by atoms with Gasteiger partial charge in [-0.25, -0.2) is 0 Å². The number of rotatable bonds is 11. The third kappa shape index (κ3) is 7.64.